The fourth-order valence-electron chi connectivity index (χ4n) is 5.24. The van der Waals surface area contributed by atoms with Crippen LogP contribution >= 0.6 is 11.3 Å². The first kappa shape index (κ1) is 18.1. The molecule has 0 radical (unpaired) electrons. The van der Waals surface area contributed by atoms with Gasteiger partial charge in [0.2, 0.25) is 0 Å². The molecule has 2 atom stereocenters. The van der Waals surface area contributed by atoms with E-state index in [1.54, 1.807) is 11.3 Å². The summed E-state index contributed by atoms with van der Waals surface area (Å²) in [6.07, 6.45) is 6.65. The summed E-state index contributed by atoms with van der Waals surface area (Å²) in [5.74, 6) is 0.685. The van der Waals surface area contributed by atoms with E-state index in [2.05, 4.69) is 35.3 Å². The van der Waals surface area contributed by atoms with Crippen molar-refractivity contribution in [2.45, 2.75) is 45.1 Å². The van der Waals surface area contributed by atoms with Crippen molar-refractivity contribution in [1.82, 2.24) is 4.90 Å². The minimum Gasteiger partial charge on any atom is -0.384 e. The molecular formula is C24H28N2OS. The van der Waals surface area contributed by atoms with E-state index in [9.17, 15) is 4.79 Å². The monoisotopic (exact) mass is 392 g/mol. The number of nitrogens with zero attached hydrogens (tertiary/aromatic N) is 1. The third kappa shape index (κ3) is 3.13. The number of anilines is 1. The first-order valence-electron chi connectivity index (χ1n) is 10.7. The van der Waals surface area contributed by atoms with Crippen LogP contribution in [-0.2, 0) is 0 Å². The summed E-state index contributed by atoms with van der Waals surface area (Å²) in [4.78, 5) is 16.0. The predicted molar refractivity (Wildman–Crippen MR) is 121 cm³/mol. The summed E-state index contributed by atoms with van der Waals surface area (Å²) in [6.45, 7) is 5.62. The summed E-state index contributed by atoms with van der Waals surface area (Å²) in [5, 5.41) is 5.42. The van der Waals surface area contributed by atoms with E-state index in [0.717, 1.165) is 38.4 Å². The minimum absolute atomic E-state index is 0.165. The lowest BCUT2D eigenvalue weighted by atomic mass is 9.83. The number of hydrogen-bond donors (Lipinski definition) is 1. The molecule has 5 rings (SSSR count). The molecule has 3 heterocycles. The van der Waals surface area contributed by atoms with Gasteiger partial charge in [0.05, 0.1) is 5.39 Å². The molecule has 2 aliphatic heterocycles. The number of aryl methyl sites for hydroxylation is 1. The zero-order valence-electron chi connectivity index (χ0n) is 16.5. The highest BCUT2D eigenvalue weighted by atomic mass is 32.1. The van der Waals surface area contributed by atoms with Crippen molar-refractivity contribution in [2.75, 3.05) is 25.0 Å². The quantitative estimate of drug-likeness (QED) is 0.606. The summed E-state index contributed by atoms with van der Waals surface area (Å²) < 4.78 is 2.20. The molecule has 1 N–H and O–H groups in total. The zero-order chi connectivity index (χ0) is 19.1. The van der Waals surface area contributed by atoms with Gasteiger partial charge in [-0.3, -0.25) is 4.79 Å². The van der Waals surface area contributed by atoms with Gasteiger partial charge in [-0.2, -0.15) is 0 Å². The Bertz CT molecular complexity index is 1070. The fourth-order valence-corrected chi connectivity index (χ4v) is 6.41. The van der Waals surface area contributed by atoms with Crippen LogP contribution in [0.25, 0.3) is 20.2 Å². The van der Waals surface area contributed by atoms with Crippen LogP contribution in [0.4, 0.5) is 5.69 Å². The van der Waals surface area contributed by atoms with Crippen molar-refractivity contribution in [3.05, 3.63) is 52.2 Å². The molecule has 2 aliphatic rings. The van der Waals surface area contributed by atoms with Crippen molar-refractivity contribution < 1.29 is 0 Å². The van der Waals surface area contributed by atoms with Gasteiger partial charge in [-0.15, -0.1) is 11.3 Å². The molecule has 2 aromatic carbocycles. The standard InChI is InChI=1S/C24H28N2OS/c1-16-11-12-19(22-23(27)18-8-2-3-10-21(18)28-24(16)22)25-15-17-7-6-14-26-13-5-4-9-20(17)26/h2-3,8,10-12,17,20,25H,4-7,9,13-15H2,1H3/t17-,20-/m1/s1. The van der Waals surface area contributed by atoms with E-state index in [0.29, 0.717) is 5.92 Å². The van der Waals surface area contributed by atoms with Crippen LogP contribution in [0.3, 0.4) is 0 Å². The number of benzene rings is 2. The van der Waals surface area contributed by atoms with Crippen molar-refractivity contribution >= 4 is 37.2 Å². The van der Waals surface area contributed by atoms with Gasteiger partial charge in [0.25, 0.3) is 0 Å². The summed E-state index contributed by atoms with van der Waals surface area (Å²) in [5.41, 5.74) is 2.36. The lowest BCUT2D eigenvalue weighted by Crippen LogP contribution is -2.49. The minimum atomic E-state index is 0.165. The number of piperidine rings is 2. The molecule has 4 heteroatoms. The van der Waals surface area contributed by atoms with Gasteiger partial charge < -0.3 is 10.2 Å². The Balaban J connectivity index is 1.50. The molecular weight excluding hydrogens is 364 g/mol. The molecule has 3 aromatic rings. The SMILES string of the molecule is Cc1ccc(NC[C@H]2CCCN3CCCC[C@H]23)c2c(=O)c3ccccc3sc12. The Morgan fingerprint density at radius 3 is 2.86 bits per heavy atom. The molecule has 0 spiro atoms. The maximum atomic E-state index is 13.3. The highest BCUT2D eigenvalue weighted by Gasteiger charge is 2.32. The first-order valence-corrected chi connectivity index (χ1v) is 11.5. The largest absolute Gasteiger partial charge is 0.384 e. The molecule has 0 aliphatic carbocycles. The second-order valence-corrected chi connectivity index (χ2v) is 9.50. The van der Waals surface area contributed by atoms with Crippen molar-refractivity contribution in [3.8, 4) is 0 Å². The van der Waals surface area contributed by atoms with Crippen molar-refractivity contribution in [1.29, 1.82) is 0 Å². The Labute approximate surface area is 170 Å². The van der Waals surface area contributed by atoms with Gasteiger partial charge in [-0.05, 0) is 75.4 Å². The molecule has 3 nitrogen and oxygen atoms in total. The van der Waals surface area contributed by atoms with Crippen LogP contribution in [0, 0.1) is 12.8 Å². The third-order valence-electron chi connectivity index (χ3n) is 6.71. The van der Waals surface area contributed by atoms with E-state index in [1.807, 2.05) is 18.2 Å². The van der Waals surface area contributed by atoms with Gasteiger partial charge in [-0.25, -0.2) is 0 Å². The fraction of sp³-hybridized carbons (Fsp3) is 0.458. The van der Waals surface area contributed by atoms with Gasteiger partial charge in [0.15, 0.2) is 5.43 Å². The van der Waals surface area contributed by atoms with Crippen LogP contribution in [0.2, 0.25) is 0 Å². The van der Waals surface area contributed by atoms with Crippen LogP contribution in [0.15, 0.2) is 41.2 Å². The third-order valence-corrected chi connectivity index (χ3v) is 8.01. The second-order valence-electron chi connectivity index (χ2n) is 8.44. The zero-order valence-corrected chi connectivity index (χ0v) is 17.4. The van der Waals surface area contributed by atoms with Crippen LogP contribution in [-0.4, -0.2) is 30.6 Å². The van der Waals surface area contributed by atoms with E-state index in [1.165, 1.54) is 50.8 Å². The highest BCUT2D eigenvalue weighted by Crippen LogP contribution is 2.34. The predicted octanol–water partition coefficient (Wildman–Crippen LogP) is 5.40. The normalized spacial score (nSPS) is 23.0. The average molecular weight is 393 g/mol. The van der Waals surface area contributed by atoms with E-state index >= 15 is 0 Å². The lowest BCUT2D eigenvalue weighted by molar-refractivity contribution is 0.0649. The van der Waals surface area contributed by atoms with E-state index in [-0.39, 0.29) is 5.43 Å². The number of rotatable bonds is 3. The maximum Gasteiger partial charge on any atom is 0.197 e. The van der Waals surface area contributed by atoms with Crippen molar-refractivity contribution in [2.24, 2.45) is 5.92 Å². The number of nitrogens with one attached hydrogen (secondary N) is 1. The van der Waals surface area contributed by atoms with E-state index in [4.69, 9.17) is 0 Å². The smallest absolute Gasteiger partial charge is 0.197 e. The van der Waals surface area contributed by atoms with Crippen molar-refractivity contribution in [3.63, 3.8) is 0 Å². The van der Waals surface area contributed by atoms with Gasteiger partial charge in [-0.1, -0.05) is 24.6 Å². The second kappa shape index (κ2) is 7.49. The summed E-state index contributed by atoms with van der Waals surface area (Å²) >= 11 is 1.74. The van der Waals surface area contributed by atoms with Crippen LogP contribution in [0.1, 0.15) is 37.7 Å². The lowest BCUT2D eigenvalue weighted by Gasteiger charge is -2.44. The average Bonchev–Trinajstić information content (AvgIpc) is 2.74. The van der Waals surface area contributed by atoms with E-state index < -0.39 is 0 Å². The Hall–Kier alpha value is -1.91. The molecule has 0 unspecified atom stereocenters. The summed E-state index contributed by atoms with van der Waals surface area (Å²) in [7, 11) is 0. The Morgan fingerprint density at radius 2 is 1.93 bits per heavy atom. The molecule has 28 heavy (non-hydrogen) atoms. The molecule has 0 amide bonds. The topological polar surface area (TPSA) is 32.3 Å². The molecule has 1 aromatic heterocycles. The van der Waals surface area contributed by atoms with Gasteiger partial charge in [0, 0.05) is 33.1 Å². The molecule has 146 valence electrons. The highest BCUT2D eigenvalue weighted by molar-refractivity contribution is 7.24. The molecule has 2 fully saturated rings. The molecule has 0 bridgehead atoms. The van der Waals surface area contributed by atoms with Gasteiger partial charge >= 0.3 is 0 Å². The molecule has 2 saturated heterocycles. The van der Waals surface area contributed by atoms with Crippen LogP contribution < -0.4 is 10.7 Å². The number of fused-ring (bicyclic) bond motifs is 3. The van der Waals surface area contributed by atoms with Gasteiger partial charge in [0.1, 0.15) is 0 Å². The first-order chi connectivity index (χ1) is 13.7. The van der Waals surface area contributed by atoms with Crippen LogP contribution in [0.5, 0.6) is 0 Å². The summed E-state index contributed by atoms with van der Waals surface area (Å²) in [6, 6.07) is 13.0. The maximum absolute atomic E-state index is 13.3. The number of hydrogen-bond acceptors (Lipinski definition) is 4. The Morgan fingerprint density at radius 1 is 1.07 bits per heavy atom. The Kier molecular flexibility index (Phi) is 4.85. The molecule has 0 saturated carbocycles.